The van der Waals surface area contributed by atoms with Crippen molar-refractivity contribution in [2.45, 2.75) is 56.7 Å². The van der Waals surface area contributed by atoms with E-state index in [4.69, 9.17) is 10.2 Å². The first kappa shape index (κ1) is 11.3. The van der Waals surface area contributed by atoms with E-state index in [2.05, 4.69) is 11.0 Å². The quantitative estimate of drug-likeness (QED) is 0.851. The summed E-state index contributed by atoms with van der Waals surface area (Å²) in [6, 6.07) is 4.81. The number of furan rings is 1. The van der Waals surface area contributed by atoms with Crippen LogP contribution in [0.2, 0.25) is 0 Å². The second-order valence-electron chi connectivity index (χ2n) is 5.57. The van der Waals surface area contributed by atoms with E-state index in [0.29, 0.717) is 0 Å². The summed E-state index contributed by atoms with van der Waals surface area (Å²) in [5, 5.41) is 0. The largest absolute Gasteiger partial charge is 0.468 e. The molecular formula is C14H22N2O. The van der Waals surface area contributed by atoms with Crippen LogP contribution in [-0.4, -0.2) is 23.0 Å². The molecule has 1 aromatic heterocycles. The molecule has 2 aliphatic rings. The topological polar surface area (TPSA) is 42.4 Å². The molecular weight excluding hydrogens is 212 g/mol. The third-order valence-corrected chi connectivity index (χ3v) is 4.42. The molecule has 0 aliphatic heterocycles. The minimum Gasteiger partial charge on any atom is -0.468 e. The fourth-order valence-electron chi connectivity index (χ4n) is 3.28. The van der Waals surface area contributed by atoms with Gasteiger partial charge in [0, 0.05) is 18.1 Å². The van der Waals surface area contributed by atoms with Gasteiger partial charge in [-0.2, -0.15) is 0 Å². The zero-order valence-corrected chi connectivity index (χ0v) is 10.4. The molecule has 0 aromatic carbocycles. The van der Waals surface area contributed by atoms with E-state index in [9.17, 15) is 0 Å². The van der Waals surface area contributed by atoms with Crippen LogP contribution in [0.3, 0.4) is 0 Å². The van der Waals surface area contributed by atoms with E-state index >= 15 is 0 Å². The minimum absolute atomic E-state index is 0.258. The first-order chi connectivity index (χ1) is 8.34. The maximum Gasteiger partial charge on any atom is 0.117 e. The maximum atomic E-state index is 6.09. The number of rotatable bonds is 5. The van der Waals surface area contributed by atoms with Gasteiger partial charge in [-0.15, -0.1) is 0 Å². The van der Waals surface area contributed by atoms with Gasteiger partial charge in [-0.3, -0.25) is 4.90 Å². The molecule has 2 saturated carbocycles. The number of nitrogens with zero attached hydrogens (tertiary/aromatic N) is 1. The van der Waals surface area contributed by atoms with Gasteiger partial charge in [0.2, 0.25) is 0 Å². The Bertz CT molecular complexity index is 350. The number of hydrogen-bond acceptors (Lipinski definition) is 3. The van der Waals surface area contributed by atoms with Gasteiger partial charge in [-0.1, -0.05) is 12.8 Å². The Hall–Kier alpha value is -0.800. The summed E-state index contributed by atoms with van der Waals surface area (Å²) in [6.45, 7) is 1.74. The van der Waals surface area contributed by atoms with Crippen molar-refractivity contribution in [1.82, 2.24) is 4.90 Å². The summed E-state index contributed by atoms with van der Waals surface area (Å²) < 4.78 is 5.51. The molecule has 0 amide bonds. The van der Waals surface area contributed by atoms with Crippen molar-refractivity contribution in [2.75, 3.05) is 6.54 Å². The Labute approximate surface area is 103 Å². The number of nitrogens with two attached hydrogens (primary N) is 1. The highest BCUT2D eigenvalue weighted by Gasteiger charge is 2.45. The van der Waals surface area contributed by atoms with Crippen LogP contribution in [0.15, 0.2) is 22.8 Å². The van der Waals surface area contributed by atoms with Crippen molar-refractivity contribution >= 4 is 0 Å². The van der Waals surface area contributed by atoms with E-state index in [1.54, 1.807) is 6.26 Å². The zero-order valence-electron chi connectivity index (χ0n) is 10.4. The molecule has 2 N–H and O–H groups in total. The Morgan fingerprint density at radius 3 is 2.65 bits per heavy atom. The van der Waals surface area contributed by atoms with Crippen LogP contribution in [0.4, 0.5) is 0 Å². The average Bonchev–Trinajstić information content (AvgIpc) is 2.88. The Kier molecular flexibility index (Phi) is 2.97. The van der Waals surface area contributed by atoms with E-state index in [-0.39, 0.29) is 5.54 Å². The summed E-state index contributed by atoms with van der Waals surface area (Å²) in [5.74, 6) is 1.08. The van der Waals surface area contributed by atoms with Crippen LogP contribution >= 0.6 is 0 Å². The van der Waals surface area contributed by atoms with Crippen molar-refractivity contribution < 1.29 is 4.42 Å². The van der Waals surface area contributed by atoms with Crippen LogP contribution in [0.5, 0.6) is 0 Å². The highest BCUT2D eigenvalue weighted by atomic mass is 16.3. The molecule has 3 rings (SSSR count). The highest BCUT2D eigenvalue weighted by Crippen LogP contribution is 2.42. The third kappa shape index (κ3) is 2.14. The number of hydrogen-bond donors (Lipinski definition) is 1. The molecule has 1 heterocycles. The first-order valence-corrected chi connectivity index (χ1v) is 6.83. The fourth-order valence-corrected chi connectivity index (χ4v) is 3.28. The lowest BCUT2D eigenvalue weighted by Gasteiger charge is -2.40. The SMILES string of the molecule is NCC1(N(Cc2ccco2)C2CC2)CCCC1. The Morgan fingerprint density at radius 2 is 2.12 bits per heavy atom. The molecule has 3 nitrogen and oxygen atoms in total. The molecule has 2 aliphatic carbocycles. The monoisotopic (exact) mass is 234 g/mol. The van der Waals surface area contributed by atoms with Crippen molar-refractivity contribution in [3.63, 3.8) is 0 Å². The van der Waals surface area contributed by atoms with Gasteiger partial charge in [-0.05, 0) is 37.8 Å². The lowest BCUT2D eigenvalue weighted by atomic mass is 9.94. The lowest BCUT2D eigenvalue weighted by Crippen LogP contribution is -2.52. The van der Waals surface area contributed by atoms with Gasteiger partial charge in [-0.25, -0.2) is 0 Å². The third-order valence-electron chi connectivity index (χ3n) is 4.42. The fraction of sp³-hybridized carbons (Fsp3) is 0.714. The van der Waals surface area contributed by atoms with Crippen molar-refractivity contribution in [3.8, 4) is 0 Å². The first-order valence-electron chi connectivity index (χ1n) is 6.83. The summed E-state index contributed by atoms with van der Waals surface area (Å²) in [5.41, 5.74) is 6.35. The van der Waals surface area contributed by atoms with E-state index < -0.39 is 0 Å². The summed E-state index contributed by atoms with van der Waals surface area (Å²) in [7, 11) is 0. The van der Waals surface area contributed by atoms with Crippen molar-refractivity contribution in [3.05, 3.63) is 24.2 Å². The minimum atomic E-state index is 0.258. The van der Waals surface area contributed by atoms with Crippen LogP contribution in [0.1, 0.15) is 44.3 Å². The van der Waals surface area contributed by atoms with Gasteiger partial charge in [0.1, 0.15) is 5.76 Å². The molecule has 0 saturated heterocycles. The lowest BCUT2D eigenvalue weighted by molar-refractivity contribution is 0.0736. The molecule has 0 bridgehead atoms. The van der Waals surface area contributed by atoms with Gasteiger partial charge < -0.3 is 10.2 Å². The van der Waals surface area contributed by atoms with Gasteiger partial charge in [0.05, 0.1) is 12.8 Å². The highest BCUT2D eigenvalue weighted by molar-refractivity contribution is 5.06. The summed E-state index contributed by atoms with van der Waals surface area (Å²) >= 11 is 0. The van der Waals surface area contributed by atoms with Crippen LogP contribution < -0.4 is 5.73 Å². The van der Waals surface area contributed by atoms with Gasteiger partial charge in [0.25, 0.3) is 0 Å². The second kappa shape index (κ2) is 4.46. The standard InChI is InChI=1S/C14H22N2O/c15-11-14(7-1-2-8-14)16(12-5-6-12)10-13-4-3-9-17-13/h3-4,9,12H,1-2,5-8,10-11,15H2. The normalized spacial score (nSPS) is 23.4. The zero-order chi connectivity index (χ0) is 11.7. The molecule has 0 atom stereocenters. The van der Waals surface area contributed by atoms with Crippen molar-refractivity contribution in [1.29, 1.82) is 0 Å². The molecule has 94 valence electrons. The molecule has 1 aromatic rings. The smallest absolute Gasteiger partial charge is 0.117 e. The van der Waals surface area contributed by atoms with Gasteiger partial charge in [0.15, 0.2) is 0 Å². The van der Waals surface area contributed by atoms with E-state index in [0.717, 1.165) is 24.9 Å². The predicted molar refractivity (Wildman–Crippen MR) is 67.5 cm³/mol. The van der Waals surface area contributed by atoms with Crippen LogP contribution in [0, 0.1) is 0 Å². The summed E-state index contributed by atoms with van der Waals surface area (Å²) in [6.07, 6.45) is 9.63. The average molecular weight is 234 g/mol. The van der Waals surface area contributed by atoms with E-state index in [1.165, 1.54) is 38.5 Å². The summed E-state index contributed by atoms with van der Waals surface area (Å²) in [4.78, 5) is 2.64. The molecule has 2 fully saturated rings. The Balaban J connectivity index is 1.79. The predicted octanol–water partition coefficient (Wildman–Crippen LogP) is 2.52. The second-order valence-corrected chi connectivity index (χ2v) is 5.57. The van der Waals surface area contributed by atoms with Crippen molar-refractivity contribution in [2.24, 2.45) is 5.73 Å². The maximum absolute atomic E-state index is 6.09. The van der Waals surface area contributed by atoms with E-state index in [1.807, 2.05) is 6.07 Å². The van der Waals surface area contributed by atoms with Gasteiger partial charge >= 0.3 is 0 Å². The molecule has 0 spiro atoms. The van der Waals surface area contributed by atoms with Crippen LogP contribution in [-0.2, 0) is 6.54 Å². The molecule has 0 radical (unpaired) electrons. The Morgan fingerprint density at radius 1 is 1.35 bits per heavy atom. The molecule has 0 unspecified atom stereocenters. The molecule has 17 heavy (non-hydrogen) atoms. The van der Waals surface area contributed by atoms with Crippen LogP contribution in [0.25, 0.3) is 0 Å². The molecule has 3 heteroatoms.